The van der Waals surface area contributed by atoms with Crippen LogP contribution in [-0.4, -0.2) is 26.6 Å². The topological polar surface area (TPSA) is 66.5 Å². The average Bonchev–Trinajstić information content (AvgIpc) is 2.57. The first-order chi connectivity index (χ1) is 12.6. The van der Waals surface area contributed by atoms with Crippen LogP contribution in [-0.2, 0) is 14.8 Å². The van der Waals surface area contributed by atoms with E-state index in [1.54, 1.807) is 32.0 Å². The summed E-state index contributed by atoms with van der Waals surface area (Å²) in [5.41, 5.74) is 3.68. The quantitative estimate of drug-likeness (QED) is 0.767. The van der Waals surface area contributed by atoms with Crippen LogP contribution in [0.25, 0.3) is 0 Å². The van der Waals surface area contributed by atoms with Crippen LogP contribution in [0, 0.1) is 20.8 Å². The number of nitrogens with one attached hydrogen (secondary N) is 1. The average molecular weight is 409 g/mol. The maximum atomic E-state index is 13.1. The second kappa shape index (κ2) is 8.31. The summed E-state index contributed by atoms with van der Waals surface area (Å²) in [6, 6.07) is 9.83. The van der Waals surface area contributed by atoms with Crippen LogP contribution < -0.4 is 9.62 Å². The molecule has 2 aromatic carbocycles. The zero-order valence-electron chi connectivity index (χ0n) is 16.2. The Bertz CT molecular complexity index is 937. The summed E-state index contributed by atoms with van der Waals surface area (Å²) in [7, 11) is -3.71. The lowest BCUT2D eigenvalue weighted by Gasteiger charge is -2.31. The van der Waals surface area contributed by atoms with Gasteiger partial charge in [-0.05, 0) is 56.0 Å². The molecule has 0 bridgehead atoms. The molecule has 0 heterocycles. The van der Waals surface area contributed by atoms with E-state index in [1.807, 2.05) is 32.0 Å². The molecule has 0 aliphatic rings. The molecular formula is C20H25ClN2O3S. The fourth-order valence-corrected chi connectivity index (χ4v) is 4.50. The fourth-order valence-electron chi connectivity index (χ4n) is 3.07. The van der Waals surface area contributed by atoms with Crippen LogP contribution in [0.5, 0.6) is 0 Å². The van der Waals surface area contributed by atoms with Gasteiger partial charge in [0.2, 0.25) is 15.9 Å². The SMILES string of the molecule is CC[C@H](C(=O)Nc1c(C)cccc1C)N(c1cc(Cl)ccc1C)S(C)(=O)=O. The number of sulfonamides is 1. The Labute approximate surface area is 166 Å². The summed E-state index contributed by atoms with van der Waals surface area (Å²) >= 11 is 6.09. The number of amides is 1. The number of carbonyl (C=O) groups excluding carboxylic acids is 1. The molecule has 0 saturated carbocycles. The molecule has 5 nitrogen and oxygen atoms in total. The van der Waals surface area contributed by atoms with E-state index in [2.05, 4.69) is 5.32 Å². The van der Waals surface area contributed by atoms with Gasteiger partial charge in [-0.1, -0.05) is 42.8 Å². The van der Waals surface area contributed by atoms with Gasteiger partial charge in [0.1, 0.15) is 6.04 Å². The molecule has 0 saturated heterocycles. The van der Waals surface area contributed by atoms with Gasteiger partial charge in [-0.3, -0.25) is 9.10 Å². The first kappa shape index (κ1) is 21.3. The Morgan fingerprint density at radius 1 is 1.11 bits per heavy atom. The molecule has 146 valence electrons. The van der Waals surface area contributed by atoms with Gasteiger partial charge >= 0.3 is 0 Å². The molecule has 1 N–H and O–H groups in total. The van der Waals surface area contributed by atoms with E-state index in [1.165, 1.54) is 0 Å². The van der Waals surface area contributed by atoms with E-state index >= 15 is 0 Å². The maximum Gasteiger partial charge on any atom is 0.248 e. The molecule has 0 aliphatic heterocycles. The second-order valence-electron chi connectivity index (χ2n) is 6.67. The van der Waals surface area contributed by atoms with Crippen molar-refractivity contribution in [1.82, 2.24) is 0 Å². The van der Waals surface area contributed by atoms with Gasteiger partial charge in [0, 0.05) is 10.7 Å². The van der Waals surface area contributed by atoms with Crippen LogP contribution in [0.3, 0.4) is 0 Å². The van der Waals surface area contributed by atoms with E-state index in [9.17, 15) is 13.2 Å². The maximum absolute atomic E-state index is 13.1. The Morgan fingerprint density at radius 2 is 1.70 bits per heavy atom. The third-order valence-electron chi connectivity index (χ3n) is 4.47. The van der Waals surface area contributed by atoms with Gasteiger partial charge in [0.25, 0.3) is 0 Å². The summed E-state index contributed by atoms with van der Waals surface area (Å²) in [6.07, 6.45) is 1.41. The summed E-state index contributed by atoms with van der Waals surface area (Å²) in [5.74, 6) is -0.375. The zero-order valence-corrected chi connectivity index (χ0v) is 17.8. The zero-order chi connectivity index (χ0) is 20.4. The highest BCUT2D eigenvalue weighted by Crippen LogP contribution is 2.30. The number of nitrogens with zero attached hydrogens (tertiary/aromatic N) is 1. The number of hydrogen-bond acceptors (Lipinski definition) is 3. The molecule has 2 aromatic rings. The number of aryl methyl sites for hydroxylation is 3. The monoisotopic (exact) mass is 408 g/mol. The molecule has 0 spiro atoms. The summed E-state index contributed by atoms with van der Waals surface area (Å²) in [5, 5.41) is 3.32. The van der Waals surface area contributed by atoms with Gasteiger partial charge in [0.05, 0.1) is 11.9 Å². The van der Waals surface area contributed by atoms with Crippen molar-refractivity contribution >= 4 is 38.9 Å². The normalized spacial score (nSPS) is 12.5. The number of carbonyl (C=O) groups is 1. The smallest absolute Gasteiger partial charge is 0.248 e. The first-order valence-corrected chi connectivity index (χ1v) is 10.9. The van der Waals surface area contributed by atoms with Crippen molar-refractivity contribution in [3.8, 4) is 0 Å². The molecule has 0 aromatic heterocycles. The molecule has 0 aliphatic carbocycles. The first-order valence-electron chi connectivity index (χ1n) is 8.69. The van der Waals surface area contributed by atoms with Crippen LogP contribution in [0.4, 0.5) is 11.4 Å². The number of para-hydroxylation sites is 1. The summed E-state index contributed by atoms with van der Waals surface area (Å²) in [4.78, 5) is 13.1. The minimum atomic E-state index is -3.71. The highest BCUT2D eigenvalue weighted by atomic mass is 35.5. The highest BCUT2D eigenvalue weighted by Gasteiger charge is 2.32. The van der Waals surface area contributed by atoms with Crippen molar-refractivity contribution in [3.05, 3.63) is 58.1 Å². The minimum absolute atomic E-state index is 0.315. The third-order valence-corrected chi connectivity index (χ3v) is 5.87. The number of rotatable bonds is 6. The van der Waals surface area contributed by atoms with E-state index in [0.29, 0.717) is 22.8 Å². The fraction of sp³-hybridized carbons (Fsp3) is 0.350. The molecule has 1 amide bonds. The minimum Gasteiger partial charge on any atom is -0.324 e. The number of hydrogen-bond donors (Lipinski definition) is 1. The molecule has 0 fully saturated rings. The van der Waals surface area contributed by atoms with Crippen LogP contribution >= 0.6 is 11.6 Å². The van der Waals surface area contributed by atoms with Crippen LogP contribution in [0.1, 0.15) is 30.0 Å². The highest BCUT2D eigenvalue weighted by molar-refractivity contribution is 7.92. The number of benzene rings is 2. The number of anilines is 2. The lowest BCUT2D eigenvalue weighted by molar-refractivity contribution is -0.117. The molecule has 1 atom stereocenters. The summed E-state index contributed by atoms with van der Waals surface area (Å²) in [6.45, 7) is 7.38. The predicted octanol–water partition coefficient (Wildman–Crippen LogP) is 4.45. The van der Waals surface area contributed by atoms with E-state index in [4.69, 9.17) is 11.6 Å². The molecular weight excluding hydrogens is 384 g/mol. The molecule has 27 heavy (non-hydrogen) atoms. The van der Waals surface area contributed by atoms with Crippen molar-refractivity contribution < 1.29 is 13.2 Å². The summed E-state index contributed by atoms with van der Waals surface area (Å²) < 4.78 is 26.3. The van der Waals surface area contributed by atoms with Gasteiger partial charge in [-0.25, -0.2) is 8.42 Å². The Kier molecular flexibility index (Phi) is 6.54. The van der Waals surface area contributed by atoms with Crippen molar-refractivity contribution in [3.63, 3.8) is 0 Å². The van der Waals surface area contributed by atoms with Crippen molar-refractivity contribution in [2.75, 3.05) is 15.9 Å². The third kappa shape index (κ3) is 4.82. The Hall–Kier alpha value is -2.05. The molecule has 0 unspecified atom stereocenters. The largest absolute Gasteiger partial charge is 0.324 e. The number of halogens is 1. The van der Waals surface area contributed by atoms with Crippen LogP contribution in [0.2, 0.25) is 5.02 Å². The lowest BCUT2D eigenvalue weighted by atomic mass is 10.1. The predicted molar refractivity (Wildman–Crippen MR) is 112 cm³/mol. The molecule has 0 radical (unpaired) electrons. The van der Waals surface area contributed by atoms with Crippen molar-refractivity contribution in [2.45, 2.75) is 40.2 Å². The van der Waals surface area contributed by atoms with Gasteiger partial charge in [-0.15, -0.1) is 0 Å². The van der Waals surface area contributed by atoms with Crippen molar-refractivity contribution in [1.29, 1.82) is 0 Å². The van der Waals surface area contributed by atoms with Gasteiger partial charge in [0.15, 0.2) is 0 Å². The van der Waals surface area contributed by atoms with Gasteiger partial charge < -0.3 is 5.32 Å². The Balaban J connectivity index is 2.50. The van der Waals surface area contributed by atoms with E-state index in [0.717, 1.165) is 27.3 Å². The van der Waals surface area contributed by atoms with Gasteiger partial charge in [-0.2, -0.15) is 0 Å². The Morgan fingerprint density at radius 3 is 2.22 bits per heavy atom. The second-order valence-corrected chi connectivity index (χ2v) is 8.97. The van der Waals surface area contributed by atoms with E-state index < -0.39 is 16.1 Å². The van der Waals surface area contributed by atoms with E-state index in [-0.39, 0.29) is 5.91 Å². The molecule has 2 rings (SSSR count). The van der Waals surface area contributed by atoms with Crippen molar-refractivity contribution in [2.24, 2.45) is 0 Å². The molecule has 7 heteroatoms. The van der Waals surface area contributed by atoms with Crippen LogP contribution in [0.15, 0.2) is 36.4 Å². The standard InChI is InChI=1S/C20H25ClN2O3S/c1-6-17(20(24)22-19-14(3)8-7-9-15(19)4)23(27(5,25)26)18-12-16(21)11-10-13(18)2/h7-12,17H,6H2,1-5H3,(H,22,24)/t17-/m1/s1. The lowest BCUT2D eigenvalue weighted by Crippen LogP contribution is -2.47.